The normalized spacial score (nSPS) is 11.6. The van der Waals surface area contributed by atoms with E-state index in [9.17, 15) is 19.7 Å². The zero-order valence-electron chi connectivity index (χ0n) is 17.8. The summed E-state index contributed by atoms with van der Waals surface area (Å²) in [7, 11) is 0. The van der Waals surface area contributed by atoms with E-state index in [0.29, 0.717) is 34.3 Å². The molecule has 10 heteroatoms. The predicted octanol–water partition coefficient (Wildman–Crippen LogP) is 5.08. The third-order valence-corrected chi connectivity index (χ3v) is 6.47. The quantitative estimate of drug-likeness (QED) is 0.345. The van der Waals surface area contributed by atoms with Crippen molar-refractivity contribution in [2.75, 3.05) is 12.3 Å². The van der Waals surface area contributed by atoms with Crippen molar-refractivity contribution < 1.29 is 14.5 Å². The molecule has 0 saturated carbocycles. The lowest BCUT2D eigenvalue weighted by atomic mass is 10.1. The van der Waals surface area contributed by atoms with Crippen LogP contribution in [0.2, 0.25) is 10.0 Å². The van der Waals surface area contributed by atoms with E-state index >= 15 is 0 Å². The van der Waals surface area contributed by atoms with E-state index in [2.05, 4.69) is 5.32 Å². The largest absolute Gasteiger partial charge is 0.355 e. The minimum Gasteiger partial charge on any atom is -0.355 e. The zero-order valence-corrected chi connectivity index (χ0v) is 20.2. The first-order valence-corrected chi connectivity index (χ1v) is 12.0. The molecule has 0 radical (unpaired) electrons. The number of nitro groups is 1. The van der Waals surface area contributed by atoms with Crippen LogP contribution in [0, 0.1) is 10.1 Å². The Morgan fingerprint density at radius 3 is 2.28 bits per heavy atom. The summed E-state index contributed by atoms with van der Waals surface area (Å²) in [5.74, 6) is 0.190. The van der Waals surface area contributed by atoms with Gasteiger partial charge in [0, 0.05) is 46.6 Å². The van der Waals surface area contributed by atoms with Crippen LogP contribution in [0.15, 0.2) is 42.5 Å². The number of likely N-dealkylation sites (N-methyl/N-ethyl adjacent to an activating group) is 1. The Balaban J connectivity index is 2.15. The van der Waals surface area contributed by atoms with Crippen molar-refractivity contribution in [1.82, 2.24) is 10.2 Å². The molecular formula is C22H25Cl2N3O4S. The van der Waals surface area contributed by atoms with Crippen molar-refractivity contribution >= 4 is 52.5 Å². The fraction of sp³-hybridized carbons (Fsp3) is 0.364. The number of benzene rings is 2. The van der Waals surface area contributed by atoms with Gasteiger partial charge in [0.1, 0.15) is 6.04 Å². The lowest BCUT2D eigenvalue weighted by molar-refractivity contribution is -0.384. The smallest absolute Gasteiger partial charge is 0.269 e. The third-order valence-electron chi connectivity index (χ3n) is 4.77. The fourth-order valence-corrected chi connectivity index (χ4v) is 4.51. The van der Waals surface area contributed by atoms with Crippen LogP contribution >= 0.6 is 35.0 Å². The Hall–Kier alpha value is -2.29. The average molecular weight is 498 g/mol. The van der Waals surface area contributed by atoms with E-state index in [4.69, 9.17) is 23.2 Å². The van der Waals surface area contributed by atoms with Crippen LogP contribution in [-0.4, -0.2) is 40.0 Å². The Morgan fingerprint density at radius 2 is 1.75 bits per heavy atom. The number of amides is 2. The molecule has 0 aliphatic rings. The number of rotatable bonds is 11. The van der Waals surface area contributed by atoms with Gasteiger partial charge in [-0.2, -0.15) is 0 Å². The summed E-state index contributed by atoms with van der Waals surface area (Å²) in [5.41, 5.74) is 1.47. The zero-order chi connectivity index (χ0) is 23.7. The number of carbonyl (C=O) groups excluding carboxylic acids is 2. The van der Waals surface area contributed by atoms with Gasteiger partial charge in [0.2, 0.25) is 11.8 Å². The van der Waals surface area contributed by atoms with Crippen LogP contribution < -0.4 is 5.32 Å². The van der Waals surface area contributed by atoms with Gasteiger partial charge in [-0.25, -0.2) is 0 Å². The maximum Gasteiger partial charge on any atom is 0.269 e. The molecule has 0 fully saturated rings. The molecule has 2 amide bonds. The summed E-state index contributed by atoms with van der Waals surface area (Å²) in [6.45, 7) is 4.24. The van der Waals surface area contributed by atoms with Crippen LogP contribution in [-0.2, 0) is 21.9 Å². The molecular weight excluding hydrogens is 473 g/mol. The molecule has 0 heterocycles. The van der Waals surface area contributed by atoms with Crippen molar-refractivity contribution in [3.63, 3.8) is 0 Å². The highest BCUT2D eigenvalue weighted by atomic mass is 35.5. The van der Waals surface area contributed by atoms with E-state index in [-0.39, 0.29) is 29.8 Å². The highest BCUT2D eigenvalue weighted by molar-refractivity contribution is 7.99. The second-order valence-electron chi connectivity index (χ2n) is 6.96. The number of nitrogens with zero attached hydrogens (tertiary/aromatic N) is 2. The molecule has 0 aliphatic heterocycles. The van der Waals surface area contributed by atoms with Crippen LogP contribution in [0.25, 0.3) is 0 Å². The number of halogens is 2. The predicted molar refractivity (Wildman–Crippen MR) is 129 cm³/mol. The lowest BCUT2D eigenvalue weighted by Gasteiger charge is -2.31. The highest BCUT2D eigenvalue weighted by Crippen LogP contribution is 2.27. The molecule has 7 nitrogen and oxygen atoms in total. The molecule has 0 spiro atoms. The van der Waals surface area contributed by atoms with Gasteiger partial charge in [0.25, 0.3) is 5.69 Å². The first kappa shape index (κ1) is 26.0. The standard InChI is InChI=1S/C22H25Cl2N3O4S/c1-3-20(22(29)25-4-2)26(12-17-18(23)6-5-7-19(17)24)21(28)14-32-13-15-8-10-16(11-9-15)27(30)31/h5-11,20H,3-4,12-14H2,1-2H3,(H,25,29)/t20-/m1/s1. The van der Waals surface area contributed by atoms with Gasteiger partial charge in [-0.1, -0.05) is 48.3 Å². The van der Waals surface area contributed by atoms with Gasteiger partial charge in [0.15, 0.2) is 0 Å². The highest BCUT2D eigenvalue weighted by Gasteiger charge is 2.29. The summed E-state index contributed by atoms with van der Waals surface area (Å²) in [6.07, 6.45) is 0.437. The topological polar surface area (TPSA) is 92.6 Å². The van der Waals surface area contributed by atoms with E-state index in [1.165, 1.54) is 28.8 Å². The van der Waals surface area contributed by atoms with Crippen molar-refractivity contribution in [3.05, 3.63) is 73.8 Å². The molecule has 0 aromatic heterocycles. The summed E-state index contributed by atoms with van der Waals surface area (Å²) < 4.78 is 0. The first-order chi connectivity index (χ1) is 15.3. The fourth-order valence-electron chi connectivity index (χ4n) is 3.12. The molecule has 0 aliphatic carbocycles. The number of nitrogens with one attached hydrogen (secondary N) is 1. The van der Waals surface area contributed by atoms with Crippen LogP contribution in [0.4, 0.5) is 5.69 Å². The number of hydrogen-bond donors (Lipinski definition) is 1. The number of hydrogen-bond acceptors (Lipinski definition) is 5. The minimum atomic E-state index is -0.658. The Bertz CT molecular complexity index is 936. The molecule has 2 aromatic rings. The van der Waals surface area contributed by atoms with Crippen LogP contribution in [0.1, 0.15) is 31.4 Å². The molecule has 1 N–H and O–H groups in total. The Morgan fingerprint density at radius 1 is 1.12 bits per heavy atom. The Labute approximate surface area is 201 Å². The number of nitro benzene ring substituents is 1. The first-order valence-electron chi connectivity index (χ1n) is 10.1. The van der Waals surface area contributed by atoms with E-state index < -0.39 is 11.0 Å². The molecule has 2 aromatic carbocycles. The summed E-state index contributed by atoms with van der Waals surface area (Å²) in [5, 5.41) is 14.4. The van der Waals surface area contributed by atoms with Crippen molar-refractivity contribution in [1.29, 1.82) is 0 Å². The second-order valence-corrected chi connectivity index (χ2v) is 8.76. The number of thioether (sulfide) groups is 1. The second kappa shape index (κ2) is 12.7. The molecule has 2 rings (SSSR count). The average Bonchev–Trinajstić information content (AvgIpc) is 2.76. The van der Waals surface area contributed by atoms with Gasteiger partial charge in [-0.05, 0) is 31.0 Å². The van der Waals surface area contributed by atoms with E-state index in [1.807, 2.05) is 13.8 Å². The van der Waals surface area contributed by atoms with Crippen LogP contribution in [0.5, 0.6) is 0 Å². The van der Waals surface area contributed by atoms with Gasteiger partial charge in [-0.3, -0.25) is 19.7 Å². The van der Waals surface area contributed by atoms with Gasteiger partial charge < -0.3 is 10.2 Å². The van der Waals surface area contributed by atoms with Crippen molar-refractivity contribution in [3.8, 4) is 0 Å². The molecule has 0 bridgehead atoms. The summed E-state index contributed by atoms with van der Waals surface area (Å²) in [4.78, 5) is 37.6. The lowest BCUT2D eigenvalue weighted by Crippen LogP contribution is -2.49. The summed E-state index contributed by atoms with van der Waals surface area (Å²) in [6, 6.07) is 10.7. The van der Waals surface area contributed by atoms with Crippen molar-refractivity contribution in [2.24, 2.45) is 0 Å². The van der Waals surface area contributed by atoms with Crippen molar-refractivity contribution in [2.45, 2.75) is 38.6 Å². The number of carbonyl (C=O) groups is 2. The van der Waals surface area contributed by atoms with E-state index in [1.54, 1.807) is 30.3 Å². The molecule has 32 heavy (non-hydrogen) atoms. The molecule has 1 atom stereocenters. The minimum absolute atomic E-state index is 0.0188. The third kappa shape index (κ3) is 7.12. The monoisotopic (exact) mass is 497 g/mol. The molecule has 0 saturated heterocycles. The SMILES string of the molecule is CCNC(=O)[C@@H](CC)N(Cc1c(Cl)cccc1Cl)C(=O)CSCc1ccc([N+](=O)[O-])cc1. The van der Waals surface area contributed by atoms with Gasteiger partial charge >= 0.3 is 0 Å². The number of non-ortho nitro benzene ring substituents is 1. The molecule has 0 unspecified atom stereocenters. The summed E-state index contributed by atoms with van der Waals surface area (Å²) >= 11 is 14.0. The maximum atomic E-state index is 13.2. The van der Waals surface area contributed by atoms with E-state index in [0.717, 1.165) is 5.56 Å². The molecule has 172 valence electrons. The maximum absolute atomic E-state index is 13.2. The van der Waals surface area contributed by atoms with Gasteiger partial charge in [0.05, 0.1) is 10.7 Å². The Kier molecular flexibility index (Phi) is 10.3. The van der Waals surface area contributed by atoms with Gasteiger partial charge in [-0.15, -0.1) is 11.8 Å². The van der Waals surface area contributed by atoms with Crippen LogP contribution in [0.3, 0.4) is 0 Å².